The number of carbonyl (C=O) groups excluding carboxylic acids is 1. The molecule has 2 aromatic rings. The molecule has 1 aromatic heterocycles. The number of hydrogen-bond donors (Lipinski definition) is 1. The van der Waals surface area contributed by atoms with Crippen LogP contribution in [0.4, 0.5) is 0 Å². The van der Waals surface area contributed by atoms with E-state index in [1.54, 1.807) is 19.2 Å². The van der Waals surface area contributed by atoms with Gasteiger partial charge in [-0.15, -0.1) is 0 Å². The molecule has 1 atom stereocenters. The van der Waals surface area contributed by atoms with E-state index in [9.17, 15) is 4.79 Å². The van der Waals surface area contributed by atoms with E-state index in [1.165, 1.54) is 11.1 Å². The lowest BCUT2D eigenvalue weighted by atomic mass is 10.0. The van der Waals surface area contributed by atoms with Crippen molar-refractivity contribution in [2.24, 2.45) is 0 Å². The summed E-state index contributed by atoms with van der Waals surface area (Å²) in [7, 11) is 5.61. The highest BCUT2D eigenvalue weighted by Gasteiger charge is 2.17. The molecule has 5 heteroatoms. The predicted molar refractivity (Wildman–Crippen MR) is 94.0 cm³/mol. The van der Waals surface area contributed by atoms with Crippen LogP contribution in [0.15, 0.2) is 40.8 Å². The lowest BCUT2D eigenvalue weighted by Gasteiger charge is -2.25. The summed E-state index contributed by atoms with van der Waals surface area (Å²) in [5, 5.41) is 2.95. The van der Waals surface area contributed by atoms with Gasteiger partial charge in [0.1, 0.15) is 12.4 Å². The fourth-order valence-electron chi connectivity index (χ4n) is 2.57. The van der Waals surface area contributed by atoms with Crippen LogP contribution in [-0.4, -0.2) is 38.6 Å². The van der Waals surface area contributed by atoms with Gasteiger partial charge in [-0.05, 0) is 43.8 Å². The zero-order chi connectivity index (χ0) is 17.5. The number of hydrogen-bond acceptors (Lipinski definition) is 4. The number of ether oxygens (including phenoxy) is 1. The minimum Gasteiger partial charge on any atom is -0.453 e. The Kier molecular flexibility index (Phi) is 6.58. The maximum absolute atomic E-state index is 12.3. The fraction of sp³-hybridized carbons (Fsp3) is 0.421. The number of benzene rings is 1. The van der Waals surface area contributed by atoms with Gasteiger partial charge < -0.3 is 19.4 Å². The fourth-order valence-corrected chi connectivity index (χ4v) is 2.57. The molecular formula is C19H26N2O3. The first-order chi connectivity index (χ1) is 11.5. The molecule has 1 unspecified atom stereocenters. The average molecular weight is 330 g/mol. The molecular weight excluding hydrogens is 304 g/mol. The van der Waals surface area contributed by atoms with Crippen LogP contribution in [0, 0.1) is 0 Å². The van der Waals surface area contributed by atoms with Crippen LogP contribution in [0.3, 0.4) is 0 Å². The molecule has 0 fully saturated rings. The number of furan rings is 1. The molecule has 0 spiro atoms. The Morgan fingerprint density at radius 3 is 2.50 bits per heavy atom. The minimum atomic E-state index is -0.214. The molecule has 24 heavy (non-hydrogen) atoms. The zero-order valence-electron chi connectivity index (χ0n) is 14.8. The van der Waals surface area contributed by atoms with E-state index in [4.69, 9.17) is 9.15 Å². The number of rotatable bonds is 8. The van der Waals surface area contributed by atoms with E-state index in [0.717, 1.165) is 6.42 Å². The molecule has 0 saturated carbocycles. The van der Waals surface area contributed by atoms with E-state index in [0.29, 0.717) is 24.7 Å². The largest absolute Gasteiger partial charge is 0.453 e. The average Bonchev–Trinajstić information content (AvgIpc) is 3.04. The van der Waals surface area contributed by atoms with Gasteiger partial charge in [-0.3, -0.25) is 4.79 Å². The molecule has 1 N–H and O–H groups in total. The van der Waals surface area contributed by atoms with Crippen molar-refractivity contribution >= 4 is 5.91 Å². The molecule has 1 amide bonds. The first kappa shape index (κ1) is 18.2. The third kappa shape index (κ3) is 4.69. The van der Waals surface area contributed by atoms with E-state index in [-0.39, 0.29) is 11.9 Å². The highest BCUT2D eigenvalue weighted by molar-refractivity contribution is 5.91. The van der Waals surface area contributed by atoms with Crippen LogP contribution in [-0.2, 0) is 17.8 Å². The second kappa shape index (κ2) is 8.66. The number of amides is 1. The van der Waals surface area contributed by atoms with Crippen LogP contribution in [0.2, 0.25) is 0 Å². The van der Waals surface area contributed by atoms with Crippen molar-refractivity contribution in [3.8, 4) is 0 Å². The Labute approximate surface area is 143 Å². The van der Waals surface area contributed by atoms with Crippen LogP contribution in [0.5, 0.6) is 0 Å². The zero-order valence-corrected chi connectivity index (χ0v) is 14.8. The van der Waals surface area contributed by atoms with Crippen LogP contribution >= 0.6 is 0 Å². The van der Waals surface area contributed by atoms with Gasteiger partial charge in [-0.2, -0.15) is 0 Å². The van der Waals surface area contributed by atoms with Crippen molar-refractivity contribution < 1.29 is 13.9 Å². The molecule has 0 aliphatic rings. The normalized spacial score (nSPS) is 12.4. The summed E-state index contributed by atoms with van der Waals surface area (Å²) >= 11 is 0. The minimum absolute atomic E-state index is 0.105. The summed E-state index contributed by atoms with van der Waals surface area (Å²) in [5.41, 5.74) is 2.48. The molecule has 0 aliphatic carbocycles. The quantitative estimate of drug-likeness (QED) is 0.808. The van der Waals surface area contributed by atoms with E-state index in [1.807, 2.05) is 14.1 Å². The summed E-state index contributed by atoms with van der Waals surface area (Å²) in [6.07, 6.45) is 1.02. The molecule has 0 aliphatic heterocycles. The molecule has 1 heterocycles. The predicted octanol–water partition coefficient (Wildman–Crippen LogP) is 3.02. The van der Waals surface area contributed by atoms with Crippen molar-refractivity contribution in [3.63, 3.8) is 0 Å². The van der Waals surface area contributed by atoms with E-state index >= 15 is 0 Å². The number of nitrogens with zero attached hydrogens (tertiary/aromatic N) is 1. The van der Waals surface area contributed by atoms with Gasteiger partial charge in [0.15, 0.2) is 5.76 Å². The first-order valence-electron chi connectivity index (χ1n) is 8.16. The van der Waals surface area contributed by atoms with Gasteiger partial charge in [0.25, 0.3) is 5.91 Å². The monoisotopic (exact) mass is 330 g/mol. The summed E-state index contributed by atoms with van der Waals surface area (Å²) in [6.45, 7) is 3.01. The number of carbonyl (C=O) groups is 1. The Hall–Kier alpha value is -2.11. The topological polar surface area (TPSA) is 54.7 Å². The standard InChI is InChI=1S/C19H26N2O3/c1-5-14-6-8-15(9-7-14)17(21(2)3)12-20-19(22)18-11-10-16(24-18)13-23-4/h6-11,17H,5,12-13H2,1-4H3,(H,20,22). The number of aryl methyl sites for hydroxylation is 1. The second-order valence-corrected chi connectivity index (χ2v) is 5.98. The summed E-state index contributed by atoms with van der Waals surface area (Å²) < 4.78 is 10.5. The Balaban J connectivity index is 2.00. The van der Waals surface area contributed by atoms with Crippen molar-refractivity contribution in [1.29, 1.82) is 0 Å². The van der Waals surface area contributed by atoms with Crippen LogP contribution in [0.1, 0.15) is 40.4 Å². The second-order valence-electron chi connectivity index (χ2n) is 5.98. The summed E-state index contributed by atoms with van der Waals surface area (Å²) in [5.74, 6) is 0.734. The molecule has 2 rings (SSSR count). The van der Waals surface area contributed by atoms with Gasteiger partial charge in [-0.1, -0.05) is 31.2 Å². The smallest absolute Gasteiger partial charge is 0.287 e. The lowest BCUT2D eigenvalue weighted by molar-refractivity contribution is 0.0905. The number of nitrogens with one attached hydrogen (secondary N) is 1. The van der Waals surface area contributed by atoms with E-state index < -0.39 is 0 Å². The highest BCUT2D eigenvalue weighted by atomic mass is 16.5. The van der Waals surface area contributed by atoms with Crippen molar-refractivity contribution in [3.05, 3.63) is 59.0 Å². The van der Waals surface area contributed by atoms with Crippen molar-refractivity contribution in [1.82, 2.24) is 10.2 Å². The maximum Gasteiger partial charge on any atom is 0.287 e. The maximum atomic E-state index is 12.3. The van der Waals surface area contributed by atoms with E-state index in [2.05, 4.69) is 41.4 Å². The SMILES string of the molecule is CCc1ccc(C(CNC(=O)c2ccc(COC)o2)N(C)C)cc1. The third-order valence-corrected chi connectivity index (χ3v) is 4.02. The molecule has 0 bridgehead atoms. The van der Waals surface area contributed by atoms with Gasteiger partial charge >= 0.3 is 0 Å². The highest BCUT2D eigenvalue weighted by Crippen LogP contribution is 2.19. The first-order valence-corrected chi connectivity index (χ1v) is 8.16. The molecule has 0 radical (unpaired) electrons. The van der Waals surface area contributed by atoms with Crippen LogP contribution < -0.4 is 5.32 Å². The summed E-state index contributed by atoms with van der Waals surface area (Å²) in [4.78, 5) is 14.4. The molecule has 0 saturated heterocycles. The number of methoxy groups -OCH3 is 1. The number of likely N-dealkylation sites (N-methyl/N-ethyl adjacent to an activating group) is 1. The third-order valence-electron chi connectivity index (χ3n) is 4.02. The molecule has 130 valence electrons. The Morgan fingerprint density at radius 1 is 1.21 bits per heavy atom. The van der Waals surface area contributed by atoms with Gasteiger partial charge in [0, 0.05) is 13.7 Å². The van der Waals surface area contributed by atoms with Gasteiger partial charge in [0.05, 0.1) is 6.04 Å². The molecule has 1 aromatic carbocycles. The van der Waals surface area contributed by atoms with Gasteiger partial charge in [-0.25, -0.2) is 0 Å². The summed E-state index contributed by atoms with van der Waals surface area (Å²) in [6, 6.07) is 12.1. The molecule has 5 nitrogen and oxygen atoms in total. The Morgan fingerprint density at radius 2 is 1.92 bits per heavy atom. The van der Waals surface area contributed by atoms with Crippen LogP contribution in [0.25, 0.3) is 0 Å². The van der Waals surface area contributed by atoms with Crippen molar-refractivity contribution in [2.75, 3.05) is 27.7 Å². The van der Waals surface area contributed by atoms with Crippen molar-refractivity contribution in [2.45, 2.75) is 26.0 Å². The van der Waals surface area contributed by atoms with Gasteiger partial charge in [0.2, 0.25) is 0 Å². The lowest BCUT2D eigenvalue weighted by Crippen LogP contribution is -2.34. The Bertz CT molecular complexity index is 647.